The van der Waals surface area contributed by atoms with Gasteiger partial charge in [-0.05, 0) is 43.1 Å². The van der Waals surface area contributed by atoms with E-state index in [9.17, 15) is 0 Å². The Hall–Kier alpha value is -0.0400. The van der Waals surface area contributed by atoms with Crippen molar-refractivity contribution >= 4 is 0 Å². The van der Waals surface area contributed by atoms with E-state index in [4.69, 9.17) is 0 Å². The van der Waals surface area contributed by atoms with E-state index in [2.05, 4.69) is 26.1 Å². The van der Waals surface area contributed by atoms with Gasteiger partial charge in [0.25, 0.3) is 0 Å². The van der Waals surface area contributed by atoms with Crippen LogP contribution in [0.5, 0.6) is 0 Å². The minimum Gasteiger partial charge on any atom is -0.313 e. The van der Waals surface area contributed by atoms with E-state index < -0.39 is 0 Å². The van der Waals surface area contributed by atoms with Gasteiger partial charge in [-0.1, -0.05) is 20.8 Å². The Morgan fingerprint density at radius 2 is 2.00 bits per heavy atom. The molecule has 4 atom stereocenters. The van der Waals surface area contributed by atoms with E-state index in [1.165, 1.54) is 19.4 Å². The van der Waals surface area contributed by atoms with Gasteiger partial charge in [0.2, 0.25) is 0 Å². The quantitative estimate of drug-likeness (QED) is 0.632. The molecule has 1 N–H and O–H groups in total. The van der Waals surface area contributed by atoms with Crippen LogP contribution in [-0.2, 0) is 0 Å². The lowest BCUT2D eigenvalue weighted by molar-refractivity contribution is 0.183. The Bertz CT molecular complexity index is 150. The average Bonchev–Trinajstić information content (AvgIpc) is 2.30. The maximum absolute atomic E-state index is 3.65. The van der Waals surface area contributed by atoms with Gasteiger partial charge in [0.15, 0.2) is 0 Å². The Balaban J connectivity index is 2.02. The van der Waals surface area contributed by atoms with Crippen molar-refractivity contribution in [3.05, 3.63) is 0 Å². The van der Waals surface area contributed by atoms with Crippen LogP contribution < -0.4 is 5.32 Å². The van der Waals surface area contributed by atoms with Crippen molar-refractivity contribution in [3.63, 3.8) is 0 Å². The second-order valence-corrected chi connectivity index (χ2v) is 5.11. The molecule has 2 bridgehead atoms. The van der Waals surface area contributed by atoms with Gasteiger partial charge < -0.3 is 5.32 Å². The molecule has 1 heterocycles. The summed E-state index contributed by atoms with van der Waals surface area (Å²) in [6.07, 6.45) is 2.90. The van der Waals surface area contributed by atoms with Crippen LogP contribution in [0.15, 0.2) is 0 Å². The summed E-state index contributed by atoms with van der Waals surface area (Å²) in [6.45, 7) is 8.46. The van der Waals surface area contributed by atoms with Crippen LogP contribution in [-0.4, -0.2) is 12.6 Å². The average molecular weight is 167 g/mol. The lowest BCUT2D eigenvalue weighted by Crippen LogP contribution is -2.33. The third kappa shape index (κ3) is 1.28. The van der Waals surface area contributed by atoms with E-state index >= 15 is 0 Å². The minimum atomic E-state index is 0.844. The number of nitrogens with one attached hydrogen (secondary N) is 1. The van der Waals surface area contributed by atoms with Crippen molar-refractivity contribution in [2.45, 2.75) is 39.7 Å². The first kappa shape index (κ1) is 8.55. The molecule has 0 aromatic heterocycles. The van der Waals surface area contributed by atoms with E-state index in [1.807, 2.05) is 0 Å². The van der Waals surface area contributed by atoms with Crippen molar-refractivity contribution in [1.29, 1.82) is 0 Å². The van der Waals surface area contributed by atoms with Crippen LogP contribution in [0.2, 0.25) is 0 Å². The number of fused-ring (bicyclic) bond motifs is 2. The highest BCUT2D eigenvalue weighted by atomic mass is 15.0. The van der Waals surface area contributed by atoms with Crippen LogP contribution in [0.25, 0.3) is 0 Å². The molecule has 4 unspecified atom stereocenters. The number of hydrogen-bond acceptors (Lipinski definition) is 1. The number of rotatable bonds is 1. The van der Waals surface area contributed by atoms with E-state index in [0.29, 0.717) is 0 Å². The molecule has 0 spiro atoms. The summed E-state index contributed by atoms with van der Waals surface area (Å²) in [4.78, 5) is 0. The molecule has 0 aromatic rings. The molecule has 2 rings (SSSR count). The summed E-state index contributed by atoms with van der Waals surface area (Å²) >= 11 is 0. The molecule has 2 aliphatic rings. The maximum Gasteiger partial charge on any atom is 0.00986 e. The topological polar surface area (TPSA) is 12.0 Å². The van der Waals surface area contributed by atoms with Crippen molar-refractivity contribution < 1.29 is 0 Å². The lowest BCUT2D eigenvalue weighted by atomic mass is 9.71. The molecule has 1 saturated heterocycles. The van der Waals surface area contributed by atoms with Crippen molar-refractivity contribution in [2.75, 3.05) is 6.54 Å². The van der Waals surface area contributed by atoms with Gasteiger partial charge in [-0.3, -0.25) is 0 Å². The molecular weight excluding hydrogens is 146 g/mol. The van der Waals surface area contributed by atoms with E-state index in [1.54, 1.807) is 0 Å². The monoisotopic (exact) mass is 167 g/mol. The van der Waals surface area contributed by atoms with Crippen molar-refractivity contribution in [2.24, 2.45) is 23.7 Å². The van der Waals surface area contributed by atoms with Gasteiger partial charge in [-0.15, -0.1) is 0 Å². The first-order valence-electron chi connectivity index (χ1n) is 5.42. The highest BCUT2D eigenvalue weighted by Crippen LogP contribution is 2.40. The summed E-state index contributed by atoms with van der Waals surface area (Å²) in [5.74, 6) is 3.81. The normalized spacial score (nSPS) is 47.0. The third-order valence-corrected chi connectivity index (χ3v) is 4.13. The molecule has 1 aliphatic heterocycles. The Morgan fingerprint density at radius 1 is 1.25 bits per heavy atom. The predicted molar refractivity (Wildman–Crippen MR) is 52.0 cm³/mol. The highest BCUT2D eigenvalue weighted by Gasteiger charge is 2.40. The standard InChI is InChI=1S/C11H21N/c1-7(2)9-4-10-6-12-11(5-9)8(10)3/h7-12H,4-6H2,1-3H3. The molecule has 1 saturated carbocycles. The zero-order valence-electron chi connectivity index (χ0n) is 8.51. The molecule has 0 radical (unpaired) electrons. The fourth-order valence-corrected chi connectivity index (χ4v) is 2.95. The van der Waals surface area contributed by atoms with Gasteiger partial charge in [0, 0.05) is 6.04 Å². The van der Waals surface area contributed by atoms with Crippen LogP contribution in [0, 0.1) is 23.7 Å². The van der Waals surface area contributed by atoms with Crippen molar-refractivity contribution in [1.82, 2.24) is 5.32 Å². The second-order valence-electron chi connectivity index (χ2n) is 5.11. The van der Waals surface area contributed by atoms with E-state index in [-0.39, 0.29) is 0 Å². The summed E-state index contributed by atoms with van der Waals surface area (Å²) in [5, 5.41) is 3.65. The molecule has 1 aliphatic carbocycles. The summed E-state index contributed by atoms with van der Waals surface area (Å²) in [5.41, 5.74) is 0. The Labute approximate surface area is 75.9 Å². The summed E-state index contributed by atoms with van der Waals surface area (Å²) < 4.78 is 0. The summed E-state index contributed by atoms with van der Waals surface area (Å²) in [7, 11) is 0. The highest BCUT2D eigenvalue weighted by molar-refractivity contribution is 4.95. The van der Waals surface area contributed by atoms with Gasteiger partial charge >= 0.3 is 0 Å². The van der Waals surface area contributed by atoms with E-state index in [0.717, 1.165) is 29.7 Å². The first-order valence-corrected chi connectivity index (χ1v) is 5.42. The largest absolute Gasteiger partial charge is 0.313 e. The Morgan fingerprint density at radius 3 is 2.58 bits per heavy atom. The Kier molecular flexibility index (Phi) is 2.16. The fraction of sp³-hybridized carbons (Fsp3) is 1.00. The van der Waals surface area contributed by atoms with Gasteiger partial charge in [-0.25, -0.2) is 0 Å². The van der Waals surface area contributed by atoms with Crippen LogP contribution in [0.4, 0.5) is 0 Å². The minimum absolute atomic E-state index is 0.844. The van der Waals surface area contributed by atoms with Gasteiger partial charge in [0.1, 0.15) is 0 Å². The zero-order valence-corrected chi connectivity index (χ0v) is 8.51. The van der Waals surface area contributed by atoms with Crippen molar-refractivity contribution in [3.8, 4) is 0 Å². The molecule has 70 valence electrons. The molecular formula is C11H21N. The van der Waals surface area contributed by atoms with Crippen LogP contribution in [0.3, 0.4) is 0 Å². The van der Waals surface area contributed by atoms with Gasteiger partial charge in [0.05, 0.1) is 0 Å². The molecule has 1 nitrogen and oxygen atoms in total. The summed E-state index contributed by atoms with van der Waals surface area (Å²) in [6, 6.07) is 0.844. The lowest BCUT2D eigenvalue weighted by Gasteiger charge is -2.34. The fourth-order valence-electron chi connectivity index (χ4n) is 2.95. The molecule has 12 heavy (non-hydrogen) atoms. The smallest absolute Gasteiger partial charge is 0.00986 e. The molecule has 2 fully saturated rings. The van der Waals surface area contributed by atoms with Crippen LogP contribution in [0.1, 0.15) is 33.6 Å². The van der Waals surface area contributed by atoms with Gasteiger partial charge in [-0.2, -0.15) is 0 Å². The molecule has 0 aromatic carbocycles. The van der Waals surface area contributed by atoms with Crippen LogP contribution >= 0.6 is 0 Å². The SMILES string of the molecule is CC(C)C1CC2CNC(C1)C2C. The predicted octanol–water partition coefficient (Wildman–Crippen LogP) is 2.28. The maximum atomic E-state index is 3.65. The number of hydrogen-bond donors (Lipinski definition) is 1. The zero-order chi connectivity index (χ0) is 8.72. The second kappa shape index (κ2) is 3.02. The molecule has 1 heteroatoms. The third-order valence-electron chi connectivity index (χ3n) is 4.13. The molecule has 0 amide bonds. The first-order chi connectivity index (χ1) is 5.68.